The monoisotopic (exact) mass is 345 g/mol. The van der Waals surface area contributed by atoms with Crippen molar-refractivity contribution in [3.63, 3.8) is 0 Å². The summed E-state index contributed by atoms with van der Waals surface area (Å²) >= 11 is 0. The van der Waals surface area contributed by atoms with E-state index in [1.54, 1.807) is 0 Å². The van der Waals surface area contributed by atoms with E-state index in [1.807, 2.05) is 30.3 Å². The van der Waals surface area contributed by atoms with Crippen LogP contribution in [0.4, 0.5) is 0 Å². The maximum Gasteiger partial charge on any atom is 0.249 e. The number of carbonyl (C=O) groups excluding carboxylic acids is 1. The Bertz CT molecular complexity index is 989. The minimum atomic E-state index is -0.392. The lowest BCUT2D eigenvalue weighted by Crippen LogP contribution is -2.45. The first-order valence-electron chi connectivity index (χ1n) is 9.01. The highest BCUT2D eigenvalue weighted by molar-refractivity contribution is 6.05. The van der Waals surface area contributed by atoms with Crippen LogP contribution in [0.25, 0.3) is 21.5 Å². The van der Waals surface area contributed by atoms with E-state index in [2.05, 4.69) is 41.1 Å². The van der Waals surface area contributed by atoms with Crippen LogP contribution in [-0.4, -0.2) is 37.0 Å². The van der Waals surface area contributed by atoms with Crippen LogP contribution in [0, 0.1) is 0 Å². The second kappa shape index (κ2) is 6.90. The zero-order valence-electron chi connectivity index (χ0n) is 14.7. The number of fused-ring (bicyclic) bond motifs is 2. The molecule has 1 atom stereocenters. The normalized spacial score (nSPS) is 16.6. The van der Waals surface area contributed by atoms with Crippen molar-refractivity contribution in [2.24, 2.45) is 5.73 Å². The van der Waals surface area contributed by atoms with Gasteiger partial charge in [0.15, 0.2) is 0 Å². The quantitative estimate of drug-likeness (QED) is 0.564. The fraction of sp³-hybridized carbons (Fsp3) is 0.227. The number of nitrogens with one attached hydrogen (secondary N) is 1. The zero-order chi connectivity index (χ0) is 18.1. The fourth-order valence-electron chi connectivity index (χ4n) is 3.98. The SMILES string of the molecule is C=CC(c1c(C(N)=O)ccc2cc3ccccc3cc12)N1CCNCC1. The van der Waals surface area contributed by atoms with E-state index in [0.717, 1.165) is 47.9 Å². The lowest BCUT2D eigenvalue weighted by Gasteiger charge is -2.34. The second-order valence-corrected chi connectivity index (χ2v) is 6.78. The van der Waals surface area contributed by atoms with Gasteiger partial charge >= 0.3 is 0 Å². The number of primary amides is 1. The molecule has 0 spiro atoms. The van der Waals surface area contributed by atoms with Gasteiger partial charge in [-0.25, -0.2) is 0 Å². The number of rotatable bonds is 4. The highest BCUT2D eigenvalue weighted by Crippen LogP contribution is 2.34. The van der Waals surface area contributed by atoms with Crippen molar-refractivity contribution in [3.05, 3.63) is 72.3 Å². The van der Waals surface area contributed by atoms with Crippen LogP contribution in [-0.2, 0) is 0 Å². The summed E-state index contributed by atoms with van der Waals surface area (Å²) in [5.74, 6) is -0.392. The Morgan fingerprint density at radius 3 is 2.42 bits per heavy atom. The molecule has 26 heavy (non-hydrogen) atoms. The molecule has 1 aliphatic heterocycles. The number of benzene rings is 3. The van der Waals surface area contributed by atoms with Gasteiger partial charge in [0.25, 0.3) is 0 Å². The Hall–Kier alpha value is -2.69. The summed E-state index contributed by atoms with van der Waals surface area (Å²) in [5, 5.41) is 7.91. The standard InChI is InChI=1S/C22H23N3O/c1-2-20(25-11-9-24-10-12-25)21-18(22(23)26)8-7-17-13-15-5-3-4-6-16(15)14-19(17)21/h2-8,13-14,20,24H,1,9-12H2,(H2,23,26). The third-order valence-electron chi connectivity index (χ3n) is 5.26. The molecule has 0 saturated carbocycles. The molecule has 132 valence electrons. The number of piperazine rings is 1. The molecule has 4 rings (SSSR count). The van der Waals surface area contributed by atoms with Crippen LogP contribution < -0.4 is 11.1 Å². The average Bonchev–Trinajstić information content (AvgIpc) is 2.67. The Morgan fingerprint density at radius 2 is 1.77 bits per heavy atom. The van der Waals surface area contributed by atoms with E-state index < -0.39 is 5.91 Å². The molecule has 1 aliphatic rings. The highest BCUT2D eigenvalue weighted by Gasteiger charge is 2.25. The number of hydrogen-bond donors (Lipinski definition) is 2. The number of amides is 1. The summed E-state index contributed by atoms with van der Waals surface area (Å²) in [6, 6.07) is 16.4. The Balaban J connectivity index is 1.99. The van der Waals surface area contributed by atoms with Gasteiger partial charge in [0.05, 0.1) is 6.04 Å². The molecular formula is C22H23N3O. The first kappa shape index (κ1) is 16.8. The minimum absolute atomic E-state index is 0.0375. The van der Waals surface area contributed by atoms with Gasteiger partial charge in [0, 0.05) is 31.7 Å². The molecule has 0 aromatic heterocycles. The van der Waals surface area contributed by atoms with Crippen molar-refractivity contribution in [2.45, 2.75) is 6.04 Å². The van der Waals surface area contributed by atoms with E-state index in [4.69, 9.17) is 5.73 Å². The van der Waals surface area contributed by atoms with Gasteiger partial charge in [-0.1, -0.05) is 36.4 Å². The van der Waals surface area contributed by atoms with Crippen LogP contribution in [0.15, 0.2) is 61.2 Å². The molecule has 1 unspecified atom stereocenters. The maximum absolute atomic E-state index is 12.2. The number of hydrogen-bond acceptors (Lipinski definition) is 3. The van der Waals surface area contributed by atoms with Crippen molar-refractivity contribution < 1.29 is 4.79 Å². The van der Waals surface area contributed by atoms with E-state index in [9.17, 15) is 4.79 Å². The van der Waals surface area contributed by atoms with Crippen LogP contribution in [0.3, 0.4) is 0 Å². The second-order valence-electron chi connectivity index (χ2n) is 6.78. The smallest absolute Gasteiger partial charge is 0.249 e. The Morgan fingerprint density at radius 1 is 1.08 bits per heavy atom. The van der Waals surface area contributed by atoms with Gasteiger partial charge in [-0.05, 0) is 45.3 Å². The molecule has 1 heterocycles. The molecule has 0 radical (unpaired) electrons. The summed E-state index contributed by atoms with van der Waals surface area (Å²) in [7, 11) is 0. The van der Waals surface area contributed by atoms with Crippen LogP contribution >= 0.6 is 0 Å². The van der Waals surface area contributed by atoms with Crippen molar-refractivity contribution in [1.82, 2.24) is 10.2 Å². The van der Waals surface area contributed by atoms with Gasteiger partial charge in [-0.3, -0.25) is 9.69 Å². The summed E-state index contributed by atoms with van der Waals surface area (Å²) in [6.45, 7) is 7.77. The molecule has 3 aromatic rings. The van der Waals surface area contributed by atoms with E-state index in [0.29, 0.717) is 5.56 Å². The van der Waals surface area contributed by atoms with Crippen LogP contribution in [0.1, 0.15) is 22.0 Å². The van der Waals surface area contributed by atoms with Crippen LogP contribution in [0.5, 0.6) is 0 Å². The molecule has 4 nitrogen and oxygen atoms in total. The predicted molar refractivity (Wildman–Crippen MR) is 107 cm³/mol. The number of nitrogens with zero attached hydrogens (tertiary/aromatic N) is 1. The Labute approximate surface area is 153 Å². The number of carbonyl (C=O) groups is 1. The molecule has 0 bridgehead atoms. The molecule has 3 aromatic carbocycles. The van der Waals surface area contributed by atoms with Gasteiger partial charge in [-0.2, -0.15) is 0 Å². The molecule has 0 aliphatic carbocycles. The summed E-state index contributed by atoms with van der Waals surface area (Å²) in [4.78, 5) is 14.6. The van der Waals surface area contributed by atoms with Gasteiger partial charge in [0.1, 0.15) is 0 Å². The summed E-state index contributed by atoms with van der Waals surface area (Å²) in [5.41, 5.74) is 7.29. The highest BCUT2D eigenvalue weighted by atomic mass is 16.1. The fourth-order valence-corrected chi connectivity index (χ4v) is 3.98. The number of nitrogens with two attached hydrogens (primary N) is 1. The Kier molecular flexibility index (Phi) is 4.45. The molecule has 4 heteroatoms. The van der Waals surface area contributed by atoms with Crippen LogP contribution in [0.2, 0.25) is 0 Å². The third-order valence-corrected chi connectivity index (χ3v) is 5.26. The van der Waals surface area contributed by atoms with Gasteiger partial charge < -0.3 is 11.1 Å². The summed E-state index contributed by atoms with van der Waals surface area (Å²) < 4.78 is 0. The lowest BCUT2D eigenvalue weighted by molar-refractivity contribution is 0.0997. The molecule has 1 saturated heterocycles. The molecule has 1 amide bonds. The first-order valence-corrected chi connectivity index (χ1v) is 9.01. The van der Waals surface area contributed by atoms with Gasteiger partial charge in [0.2, 0.25) is 5.91 Å². The molecule has 1 fully saturated rings. The predicted octanol–water partition coefficient (Wildman–Crippen LogP) is 3.22. The molecule has 3 N–H and O–H groups in total. The van der Waals surface area contributed by atoms with Crippen molar-refractivity contribution in [1.29, 1.82) is 0 Å². The maximum atomic E-state index is 12.2. The summed E-state index contributed by atoms with van der Waals surface area (Å²) in [6.07, 6.45) is 1.93. The van der Waals surface area contributed by atoms with E-state index in [-0.39, 0.29) is 6.04 Å². The van der Waals surface area contributed by atoms with Gasteiger partial charge in [-0.15, -0.1) is 6.58 Å². The van der Waals surface area contributed by atoms with E-state index in [1.165, 1.54) is 5.39 Å². The minimum Gasteiger partial charge on any atom is -0.366 e. The van der Waals surface area contributed by atoms with Crippen molar-refractivity contribution >= 4 is 27.5 Å². The average molecular weight is 345 g/mol. The largest absolute Gasteiger partial charge is 0.366 e. The van der Waals surface area contributed by atoms with Crippen molar-refractivity contribution in [3.8, 4) is 0 Å². The topological polar surface area (TPSA) is 58.4 Å². The zero-order valence-corrected chi connectivity index (χ0v) is 14.7. The van der Waals surface area contributed by atoms with Crippen molar-refractivity contribution in [2.75, 3.05) is 26.2 Å². The molecular weight excluding hydrogens is 322 g/mol. The van der Waals surface area contributed by atoms with E-state index >= 15 is 0 Å². The first-order chi connectivity index (χ1) is 12.7. The lowest BCUT2D eigenvalue weighted by atomic mass is 9.90. The third kappa shape index (κ3) is 2.87.